The number of hydrogen-bond donors (Lipinski definition) is 1. The van der Waals surface area contributed by atoms with Crippen LogP contribution in [0.3, 0.4) is 0 Å². The van der Waals surface area contributed by atoms with Crippen LogP contribution in [0.25, 0.3) is 0 Å². The molecule has 1 aliphatic heterocycles. The van der Waals surface area contributed by atoms with Gasteiger partial charge in [0.25, 0.3) is 0 Å². The van der Waals surface area contributed by atoms with Crippen LogP contribution in [-0.4, -0.2) is 23.0 Å². The van der Waals surface area contributed by atoms with Gasteiger partial charge in [0.1, 0.15) is 0 Å². The predicted octanol–water partition coefficient (Wildman–Crippen LogP) is 2.81. The molecular formula is C16H21N3S. The molecule has 20 heavy (non-hydrogen) atoms. The van der Waals surface area contributed by atoms with Crippen molar-refractivity contribution in [2.45, 2.75) is 33.0 Å². The third kappa shape index (κ3) is 3.26. The first-order chi connectivity index (χ1) is 9.85. The highest BCUT2D eigenvalue weighted by molar-refractivity contribution is 7.10. The van der Waals surface area contributed by atoms with Crippen molar-refractivity contribution in [2.75, 3.05) is 13.1 Å². The van der Waals surface area contributed by atoms with Gasteiger partial charge in [-0.15, -0.1) is 11.3 Å². The Balaban J connectivity index is 1.58. The number of hydrogen-bond acceptors (Lipinski definition) is 4. The first-order valence-corrected chi connectivity index (χ1v) is 8.15. The van der Waals surface area contributed by atoms with Crippen molar-refractivity contribution < 1.29 is 0 Å². The molecule has 0 saturated carbocycles. The highest BCUT2D eigenvalue weighted by Crippen LogP contribution is 2.24. The summed E-state index contributed by atoms with van der Waals surface area (Å²) in [5.74, 6) is 0. The molecule has 0 spiro atoms. The average molecular weight is 287 g/mol. The molecule has 0 radical (unpaired) electrons. The van der Waals surface area contributed by atoms with E-state index in [4.69, 9.17) is 0 Å². The van der Waals surface area contributed by atoms with Crippen LogP contribution in [0.4, 0.5) is 0 Å². The first-order valence-electron chi connectivity index (χ1n) is 7.27. The molecule has 2 aromatic rings. The van der Waals surface area contributed by atoms with Gasteiger partial charge in [0, 0.05) is 37.3 Å². The van der Waals surface area contributed by atoms with E-state index in [9.17, 15) is 0 Å². The number of thiophene rings is 1. The minimum Gasteiger partial charge on any atom is -0.313 e. The average Bonchev–Trinajstić information content (AvgIpc) is 2.94. The highest BCUT2D eigenvalue weighted by Gasteiger charge is 2.17. The van der Waals surface area contributed by atoms with Crippen LogP contribution in [0.1, 0.15) is 28.6 Å². The SMILES string of the molecule is CCNCc1ccc(CN2CCc3sccc3C2)nc1. The van der Waals surface area contributed by atoms with E-state index in [-0.39, 0.29) is 0 Å². The summed E-state index contributed by atoms with van der Waals surface area (Å²) in [6, 6.07) is 6.61. The highest BCUT2D eigenvalue weighted by atomic mass is 32.1. The maximum absolute atomic E-state index is 4.59. The fraction of sp³-hybridized carbons (Fsp3) is 0.438. The number of pyridine rings is 1. The van der Waals surface area contributed by atoms with Crippen molar-refractivity contribution in [3.63, 3.8) is 0 Å². The van der Waals surface area contributed by atoms with Gasteiger partial charge in [0.15, 0.2) is 0 Å². The third-order valence-corrected chi connectivity index (χ3v) is 4.76. The van der Waals surface area contributed by atoms with Crippen molar-refractivity contribution in [2.24, 2.45) is 0 Å². The topological polar surface area (TPSA) is 28.2 Å². The molecule has 4 heteroatoms. The lowest BCUT2D eigenvalue weighted by atomic mass is 10.1. The molecule has 1 N–H and O–H groups in total. The van der Waals surface area contributed by atoms with Crippen LogP contribution in [0.2, 0.25) is 0 Å². The quantitative estimate of drug-likeness (QED) is 0.916. The molecule has 106 valence electrons. The molecule has 0 saturated heterocycles. The van der Waals surface area contributed by atoms with Crippen LogP contribution >= 0.6 is 11.3 Å². The summed E-state index contributed by atoms with van der Waals surface area (Å²) in [5, 5.41) is 5.53. The molecule has 3 nitrogen and oxygen atoms in total. The second-order valence-electron chi connectivity index (χ2n) is 5.27. The Bertz CT molecular complexity index is 547. The summed E-state index contributed by atoms with van der Waals surface area (Å²) >= 11 is 1.89. The molecule has 3 rings (SSSR count). The minimum atomic E-state index is 0.908. The molecule has 0 atom stereocenters. The lowest BCUT2D eigenvalue weighted by molar-refractivity contribution is 0.244. The monoisotopic (exact) mass is 287 g/mol. The Morgan fingerprint density at radius 1 is 1.35 bits per heavy atom. The summed E-state index contributed by atoms with van der Waals surface area (Å²) in [6.45, 7) is 7.20. The van der Waals surface area contributed by atoms with E-state index in [0.29, 0.717) is 0 Å². The molecule has 0 unspecified atom stereocenters. The van der Waals surface area contributed by atoms with E-state index in [1.54, 1.807) is 4.88 Å². The van der Waals surface area contributed by atoms with Gasteiger partial charge in [0.2, 0.25) is 0 Å². The summed E-state index contributed by atoms with van der Waals surface area (Å²) in [5.41, 5.74) is 3.93. The molecule has 2 aromatic heterocycles. The molecule has 0 fully saturated rings. The second-order valence-corrected chi connectivity index (χ2v) is 6.27. The smallest absolute Gasteiger partial charge is 0.0544 e. The van der Waals surface area contributed by atoms with Crippen molar-refractivity contribution in [1.29, 1.82) is 0 Å². The van der Waals surface area contributed by atoms with E-state index >= 15 is 0 Å². The van der Waals surface area contributed by atoms with Crippen molar-refractivity contribution in [1.82, 2.24) is 15.2 Å². The van der Waals surface area contributed by atoms with Crippen molar-refractivity contribution in [3.05, 3.63) is 51.5 Å². The third-order valence-electron chi connectivity index (χ3n) is 3.74. The van der Waals surface area contributed by atoms with E-state index in [2.05, 4.69) is 45.7 Å². The fourth-order valence-electron chi connectivity index (χ4n) is 2.59. The molecule has 1 aliphatic rings. The fourth-order valence-corrected chi connectivity index (χ4v) is 3.48. The minimum absolute atomic E-state index is 0.908. The van der Waals surface area contributed by atoms with Crippen LogP contribution in [0.5, 0.6) is 0 Å². The number of nitrogens with zero attached hydrogens (tertiary/aromatic N) is 2. The Morgan fingerprint density at radius 3 is 3.10 bits per heavy atom. The Hall–Kier alpha value is -1.23. The summed E-state index contributed by atoms with van der Waals surface area (Å²) in [7, 11) is 0. The maximum Gasteiger partial charge on any atom is 0.0544 e. The van der Waals surface area contributed by atoms with Gasteiger partial charge < -0.3 is 5.32 Å². The van der Waals surface area contributed by atoms with Crippen LogP contribution < -0.4 is 5.32 Å². The predicted molar refractivity (Wildman–Crippen MR) is 83.8 cm³/mol. The van der Waals surface area contributed by atoms with Gasteiger partial charge in [-0.1, -0.05) is 13.0 Å². The number of nitrogens with one attached hydrogen (secondary N) is 1. The van der Waals surface area contributed by atoms with Crippen LogP contribution in [0, 0.1) is 0 Å². The standard InChI is InChI=1S/C16H21N3S/c1-2-17-9-13-3-4-15(18-10-13)12-19-7-5-16-14(11-19)6-8-20-16/h3-4,6,8,10,17H,2,5,7,9,11-12H2,1H3. The van der Waals surface area contributed by atoms with Crippen molar-refractivity contribution in [3.8, 4) is 0 Å². The largest absolute Gasteiger partial charge is 0.313 e. The lowest BCUT2D eigenvalue weighted by Crippen LogP contribution is -2.29. The number of rotatable bonds is 5. The van der Waals surface area contributed by atoms with E-state index in [1.807, 2.05) is 17.5 Å². The molecule has 0 amide bonds. The Kier molecular flexibility index (Phi) is 4.45. The zero-order chi connectivity index (χ0) is 13.8. The zero-order valence-electron chi connectivity index (χ0n) is 11.9. The lowest BCUT2D eigenvalue weighted by Gasteiger charge is -2.26. The summed E-state index contributed by atoms with van der Waals surface area (Å²) in [6.07, 6.45) is 3.18. The van der Waals surface area contributed by atoms with Gasteiger partial charge in [-0.25, -0.2) is 0 Å². The van der Waals surface area contributed by atoms with Gasteiger partial charge >= 0.3 is 0 Å². The summed E-state index contributed by atoms with van der Waals surface area (Å²) in [4.78, 5) is 8.64. The maximum atomic E-state index is 4.59. The van der Waals surface area contributed by atoms with Gasteiger partial charge in [-0.3, -0.25) is 9.88 Å². The Labute approximate surface area is 124 Å². The number of fused-ring (bicyclic) bond motifs is 1. The first kappa shape index (κ1) is 13.7. The second kappa shape index (κ2) is 6.48. The van der Waals surface area contributed by atoms with Gasteiger partial charge in [0.05, 0.1) is 5.69 Å². The molecule has 3 heterocycles. The van der Waals surface area contributed by atoms with E-state index in [1.165, 1.54) is 23.2 Å². The molecule has 0 bridgehead atoms. The van der Waals surface area contributed by atoms with Crippen LogP contribution in [-0.2, 0) is 26.1 Å². The van der Waals surface area contributed by atoms with Gasteiger partial charge in [-0.2, -0.15) is 0 Å². The molecular weight excluding hydrogens is 266 g/mol. The van der Waals surface area contributed by atoms with E-state index < -0.39 is 0 Å². The summed E-state index contributed by atoms with van der Waals surface area (Å²) < 4.78 is 0. The van der Waals surface area contributed by atoms with E-state index in [0.717, 1.165) is 32.7 Å². The number of aromatic nitrogens is 1. The Morgan fingerprint density at radius 2 is 2.30 bits per heavy atom. The normalized spacial score (nSPS) is 15.2. The zero-order valence-corrected chi connectivity index (χ0v) is 12.7. The van der Waals surface area contributed by atoms with Gasteiger partial charge in [-0.05, 0) is 41.6 Å². The molecule has 0 aliphatic carbocycles. The van der Waals surface area contributed by atoms with Crippen molar-refractivity contribution >= 4 is 11.3 Å². The van der Waals surface area contributed by atoms with Crippen LogP contribution in [0.15, 0.2) is 29.8 Å². The molecule has 0 aromatic carbocycles.